The van der Waals surface area contributed by atoms with Gasteiger partial charge in [-0.2, -0.15) is 0 Å². The fraction of sp³-hybridized carbons (Fsp3) is 0.359. The quantitative estimate of drug-likeness (QED) is 0.107. The van der Waals surface area contributed by atoms with Gasteiger partial charge in [0.2, 0.25) is 11.8 Å². The van der Waals surface area contributed by atoms with E-state index < -0.39 is 12.0 Å². The van der Waals surface area contributed by atoms with Gasteiger partial charge in [0.05, 0.1) is 31.0 Å². The molecule has 7 heteroatoms. The molecule has 3 aromatic rings. The maximum absolute atomic E-state index is 13.6. The topological polar surface area (TPSA) is 95.9 Å². The van der Waals surface area contributed by atoms with Crippen molar-refractivity contribution in [2.75, 3.05) is 13.2 Å². The van der Waals surface area contributed by atoms with E-state index in [0.29, 0.717) is 32.2 Å². The van der Waals surface area contributed by atoms with Crippen LogP contribution >= 0.6 is 0 Å². The lowest BCUT2D eigenvalue weighted by molar-refractivity contribution is -0.155. The van der Waals surface area contributed by atoms with E-state index in [2.05, 4.69) is 18.5 Å². The Bertz CT molecular complexity index is 1440. The molecule has 0 bridgehead atoms. The Hall–Kier alpha value is -4.49. The van der Waals surface area contributed by atoms with E-state index in [9.17, 15) is 19.5 Å². The van der Waals surface area contributed by atoms with Gasteiger partial charge in [-0.1, -0.05) is 97.1 Å². The first-order chi connectivity index (χ1) is 22.4. The van der Waals surface area contributed by atoms with Crippen LogP contribution < -0.4 is 5.32 Å². The molecule has 4 unspecified atom stereocenters. The molecule has 1 aliphatic rings. The van der Waals surface area contributed by atoms with E-state index in [1.807, 2.05) is 91.0 Å². The zero-order valence-electron chi connectivity index (χ0n) is 26.6. The summed E-state index contributed by atoms with van der Waals surface area (Å²) in [5.74, 6) is -1.81. The third kappa shape index (κ3) is 9.75. The second-order valence-electron chi connectivity index (χ2n) is 11.9. The average molecular weight is 623 g/mol. The summed E-state index contributed by atoms with van der Waals surface area (Å²) in [7, 11) is 0. The highest BCUT2D eigenvalue weighted by Gasteiger charge is 2.32. The van der Waals surface area contributed by atoms with Crippen LogP contribution in [0.2, 0.25) is 0 Å². The number of carbonyl (C=O) groups excluding carboxylic acids is 3. The number of nitrogens with one attached hydrogen (secondary N) is 1. The van der Waals surface area contributed by atoms with Crippen molar-refractivity contribution >= 4 is 17.8 Å². The van der Waals surface area contributed by atoms with Crippen LogP contribution in [-0.2, 0) is 38.5 Å². The summed E-state index contributed by atoms with van der Waals surface area (Å²) in [6, 6.07) is 26.9. The van der Waals surface area contributed by atoms with E-state index in [0.717, 1.165) is 35.1 Å². The Morgan fingerprint density at radius 1 is 0.913 bits per heavy atom. The molecule has 242 valence electrons. The lowest BCUT2D eigenvalue weighted by atomic mass is 9.92. The molecule has 0 aromatic heterocycles. The predicted molar refractivity (Wildman–Crippen MR) is 180 cm³/mol. The largest absolute Gasteiger partial charge is 0.455 e. The fourth-order valence-corrected chi connectivity index (χ4v) is 6.03. The number of amides is 2. The Morgan fingerprint density at radius 2 is 1.59 bits per heavy atom. The number of nitrogens with zero attached hydrogens (tertiary/aromatic N) is 1. The summed E-state index contributed by atoms with van der Waals surface area (Å²) in [5, 5.41) is 13.0. The molecule has 0 saturated carbocycles. The summed E-state index contributed by atoms with van der Waals surface area (Å²) >= 11 is 0. The van der Waals surface area contributed by atoms with Gasteiger partial charge in [-0.05, 0) is 60.8 Å². The Balaban J connectivity index is 1.44. The molecular weight excluding hydrogens is 576 g/mol. The minimum atomic E-state index is -0.701. The van der Waals surface area contributed by atoms with Gasteiger partial charge < -0.3 is 20.1 Å². The summed E-state index contributed by atoms with van der Waals surface area (Å²) in [5.41, 5.74) is 4.01. The van der Waals surface area contributed by atoms with Gasteiger partial charge in [-0.25, -0.2) is 0 Å². The summed E-state index contributed by atoms with van der Waals surface area (Å²) < 4.78 is 6.13. The van der Waals surface area contributed by atoms with Gasteiger partial charge in [-0.3, -0.25) is 14.4 Å². The van der Waals surface area contributed by atoms with E-state index in [-0.39, 0.29) is 49.3 Å². The van der Waals surface area contributed by atoms with Crippen LogP contribution in [0.5, 0.6) is 0 Å². The molecule has 0 radical (unpaired) electrons. The number of esters is 1. The van der Waals surface area contributed by atoms with Crippen LogP contribution in [0.25, 0.3) is 0 Å². The molecule has 3 aromatic carbocycles. The highest BCUT2D eigenvalue weighted by Crippen LogP contribution is 2.26. The molecule has 1 aliphatic heterocycles. The number of hydrogen-bond acceptors (Lipinski definition) is 5. The molecule has 0 spiro atoms. The SMILES string of the molecule is C=CCCCC(Cc1ccccc1)C(=O)OC(CNC(=O)C(CC=C)CC(=O)N1Cc2ccccc2CC1CO)c1ccccc1. The molecule has 1 heterocycles. The van der Waals surface area contributed by atoms with Gasteiger partial charge in [0.1, 0.15) is 6.10 Å². The molecule has 4 rings (SSSR count). The summed E-state index contributed by atoms with van der Waals surface area (Å²) in [6.07, 6.45) is 6.50. The number of hydrogen-bond donors (Lipinski definition) is 2. The molecular formula is C39H46N2O5. The first kappa shape index (κ1) is 34.4. The third-order valence-electron chi connectivity index (χ3n) is 8.64. The van der Waals surface area contributed by atoms with Crippen LogP contribution in [-0.4, -0.2) is 47.0 Å². The molecule has 0 fully saturated rings. The number of aliphatic hydroxyl groups is 1. The Labute approximate surface area is 273 Å². The number of carbonyl (C=O) groups is 3. The number of rotatable bonds is 17. The first-order valence-corrected chi connectivity index (χ1v) is 16.2. The number of ether oxygens (including phenoxy) is 1. The molecule has 7 nitrogen and oxygen atoms in total. The monoisotopic (exact) mass is 622 g/mol. The van der Waals surface area contributed by atoms with Gasteiger partial charge in [0, 0.05) is 13.0 Å². The second-order valence-corrected chi connectivity index (χ2v) is 11.9. The van der Waals surface area contributed by atoms with E-state index in [4.69, 9.17) is 4.74 Å². The van der Waals surface area contributed by atoms with E-state index in [1.54, 1.807) is 11.0 Å². The Kier molecular flexibility index (Phi) is 13.3. The molecule has 2 N–H and O–H groups in total. The van der Waals surface area contributed by atoms with Crippen molar-refractivity contribution in [2.45, 2.75) is 63.6 Å². The van der Waals surface area contributed by atoms with Crippen molar-refractivity contribution in [2.24, 2.45) is 11.8 Å². The van der Waals surface area contributed by atoms with E-state index >= 15 is 0 Å². The molecule has 4 atom stereocenters. The van der Waals surface area contributed by atoms with E-state index in [1.165, 1.54) is 0 Å². The highest BCUT2D eigenvalue weighted by atomic mass is 16.5. The Morgan fingerprint density at radius 3 is 2.26 bits per heavy atom. The molecule has 46 heavy (non-hydrogen) atoms. The van der Waals surface area contributed by atoms with Crippen molar-refractivity contribution in [3.8, 4) is 0 Å². The number of benzene rings is 3. The summed E-state index contributed by atoms with van der Waals surface area (Å²) in [4.78, 5) is 42.4. The third-order valence-corrected chi connectivity index (χ3v) is 8.64. The first-order valence-electron chi connectivity index (χ1n) is 16.2. The van der Waals surface area contributed by atoms with Crippen molar-refractivity contribution in [3.63, 3.8) is 0 Å². The maximum atomic E-state index is 13.6. The zero-order chi connectivity index (χ0) is 32.7. The number of aliphatic hydroxyl groups excluding tert-OH is 1. The second kappa shape index (κ2) is 17.9. The van der Waals surface area contributed by atoms with Crippen LogP contribution in [0.3, 0.4) is 0 Å². The van der Waals surface area contributed by atoms with Gasteiger partial charge >= 0.3 is 5.97 Å². The molecule has 2 amide bonds. The normalized spacial score (nSPS) is 15.9. The molecule has 0 saturated heterocycles. The standard InChI is InChI=1S/C39H46N2O5/c1-3-5-8-21-33(23-29-16-9-6-10-17-29)39(45)46-36(30-18-11-7-12-19-30)26-40-38(44)32(15-4-2)25-37(43)41-27-34-22-14-13-20-31(34)24-35(41)28-42/h3-4,6-7,9-14,16-20,22,32-33,35-36,42H,1-2,5,8,15,21,23-28H2,(H,40,44). The van der Waals surface area contributed by atoms with Crippen molar-refractivity contribution in [3.05, 3.63) is 132 Å². The number of unbranched alkanes of at least 4 members (excludes halogenated alkanes) is 1. The predicted octanol–water partition coefficient (Wildman–Crippen LogP) is 6.13. The minimum Gasteiger partial charge on any atom is -0.455 e. The number of allylic oxidation sites excluding steroid dienone is 2. The van der Waals surface area contributed by atoms with Crippen molar-refractivity contribution in [1.29, 1.82) is 0 Å². The van der Waals surface area contributed by atoms with Crippen molar-refractivity contribution < 1.29 is 24.2 Å². The minimum absolute atomic E-state index is 0.0191. The zero-order valence-corrected chi connectivity index (χ0v) is 26.6. The van der Waals surface area contributed by atoms with Crippen LogP contribution in [0.4, 0.5) is 0 Å². The van der Waals surface area contributed by atoms with Gasteiger partial charge in [0.15, 0.2) is 0 Å². The van der Waals surface area contributed by atoms with Crippen LogP contribution in [0, 0.1) is 11.8 Å². The van der Waals surface area contributed by atoms with Gasteiger partial charge in [0.25, 0.3) is 0 Å². The van der Waals surface area contributed by atoms with Crippen molar-refractivity contribution in [1.82, 2.24) is 10.2 Å². The lowest BCUT2D eigenvalue weighted by Crippen LogP contribution is -2.47. The van der Waals surface area contributed by atoms with Crippen LogP contribution in [0.15, 0.2) is 110 Å². The van der Waals surface area contributed by atoms with Gasteiger partial charge in [-0.15, -0.1) is 13.2 Å². The smallest absolute Gasteiger partial charge is 0.309 e. The summed E-state index contributed by atoms with van der Waals surface area (Å²) in [6.45, 7) is 7.93. The number of fused-ring (bicyclic) bond motifs is 1. The highest BCUT2D eigenvalue weighted by molar-refractivity contribution is 5.86. The fourth-order valence-electron chi connectivity index (χ4n) is 6.03. The van der Waals surface area contributed by atoms with Crippen LogP contribution in [0.1, 0.15) is 60.5 Å². The maximum Gasteiger partial charge on any atom is 0.309 e. The average Bonchev–Trinajstić information content (AvgIpc) is 3.09. The lowest BCUT2D eigenvalue weighted by Gasteiger charge is -2.36. The molecule has 0 aliphatic carbocycles.